The molecule has 0 atom stereocenters. The Kier molecular flexibility index (Phi) is 3.64. The minimum atomic E-state index is -0.201. The van der Waals surface area contributed by atoms with Crippen LogP contribution < -0.4 is 0 Å². The summed E-state index contributed by atoms with van der Waals surface area (Å²) < 4.78 is 8.53. The molecule has 1 aromatic heterocycles. The first-order valence-electron chi connectivity index (χ1n) is 5.05. The molecule has 0 unspecified atom stereocenters. The average Bonchev–Trinajstić information content (AvgIpc) is 2.95. The maximum atomic E-state index is 11.9. The quantitative estimate of drug-likeness (QED) is 0.721. The summed E-state index contributed by atoms with van der Waals surface area (Å²) >= 11 is 1.03. The summed E-state index contributed by atoms with van der Waals surface area (Å²) in [7, 11) is 1.58. The average molecular weight is 256 g/mol. The smallest absolute Gasteiger partial charge is 0.269 e. The number of carbonyl (C=O) groups excluding carboxylic acids is 2. The van der Waals surface area contributed by atoms with Gasteiger partial charge in [-0.15, -0.1) is 5.10 Å². The van der Waals surface area contributed by atoms with Gasteiger partial charge in [-0.3, -0.25) is 9.59 Å². The molecule has 0 radical (unpaired) electrons. The molecule has 1 fully saturated rings. The fourth-order valence-corrected chi connectivity index (χ4v) is 2.03. The van der Waals surface area contributed by atoms with Crippen LogP contribution >= 0.6 is 11.5 Å². The van der Waals surface area contributed by atoms with Crippen molar-refractivity contribution in [3.63, 3.8) is 0 Å². The second-order valence-electron chi connectivity index (χ2n) is 3.58. The van der Waals surface area contributed by atoms with Gasteiger partial charge >= 0.3 is 0 Å². The number of hydrogen-bond acceptors (Lipinski definition) is 6. The van der Waals surface area contributed by atoms with Gasteiger partial charge in [0.1, 0.15) is 11.4 Å². The number of methoxy groups -OCH3 is 1. The van der Waals surface area contributed by atoms with Gasteiger partial charge < -0.3 is 14.5 Å². The lowest BCUT2D eigenvalue weighted by Crippen LogP contribution is -2.32. The number of hydrogen-bond donors (Lipinski definition) is 0. The van der Waals surface area contributed by atoms with Crippen molar-refractivity contribution in [2.75, 3.05) is 33.5 Å². The maximum Gasteiger partial charge on any atom is 0.269 e. The molecular weight excluding hydrogens is 244 g/mol. The first-order chi connectivity index (χ1) is 8.22. The molecule has 2 amide bonds. The molecule has 0 aliphatic carbocycles. The highest BCUT2D eigenvalue weighted by atomic mass is 32.1. The van der Waals surface area contributed by atoms with E-state index in [1.165, 1.54) is 11.1 Å². The zero-order valence-corrected chi connectivity index (χ0v) is 10.1. The van der Waals surface area contributed by atoms with E-state index in [2.05, 4.69) is 9.59 Å². The normalized spacial score (nSPS) is 15.7. The monoisotopic (exact) mass is 256 g/mol. The Morgan fingerprint density at radius 2 is 2.47 bits per heavy atom. The third-order valence-electron chi connectivity index (χ3n) is 2.44. The molecule has 1 aromatic rings. The van der Waals surface area contributed by atoms with E-state index in [1.54, 1.807) is 12.0 Å². The molecule has 2 heterocycles. The summed E-state index contributed by atoms with van der Waals surface area (Å²) in [6.07, 6.45) is 1.41. The van der Waals surface area contributed by atoms with E-state index >= 15 is 0 Å². The van der Waals surface area contributed by atoms with E-state index in [-0.39, 0.29) is 18.4 Å². The molecule has 7 nitrogen and oxygen atoms in total. The van der Waals surface area contributed by atoms with Gasteiger partial charge in [-0.1, -0.05) is 4.49 Å². The van der Waals surface area contributed by atoms with E-state index in [9.17, 15) is 9.59 Å². The molecule has 1 aliphatic heterocycles. The highest BCUT2D eigenvalue weighted by molar-refractivity contribution is 7.07. The second-order valence-corrected chi connectivity index (χ2v) is 4.36. The molecule has 17 heavy (non-hydrogen) atoms. The van der Waals surface area contributed by atoms with Crippen LogP contribution in [0.3, 0.4) is 0 Å². The molecule has 1 saturated heterocycles. The van der Waals surface area contributed by atoms with Gasteiger partial charge in [-0.25, -0.2) is 0 Å². The number of carbonyl (C=O) groups is 2. The van der Waals surface area contributed by atoms with Crippen LogP contribution in [-0.2, 0) is 9.53 Å². The van der Waals surface area contributed by atoms with Crippen LogP contribution in [0.4, 0.5) is 0 Å². The Bertz CT molecular complexity index is 408. The van der Waals surface area contributed by atoms with Gasteiger partial charge in [0.15, 0.2) is 0 Å². The van der Waals surface area contributed by atoms with E-state index < -0.39 is 0 Å². The lowest BCUT2D eigenvalue weighted by atomic mass is 10.4. The molecule has 0 aromatic carbocycles. The summed E-state index contributed by atoms with van der Waals surface area (Å²) in [5.41, 5.74) is 0. The third-order valence-corrected chi connectivity index (χ3v) is 3.10. The first-order valence-corrected chi connectivity index (χ1v) is 5.83. The Balaban J connectivity index is 1.96. The van der Waals surface area contributed by atoms with Gasteiger partial charge in [-0.2, -0.15) is 0 Å². The van der Waals surface area contributed by atoms with Crippen molar-refractivity contribution in [1.29, 1.82) is 0 Å². The van der Waals surface area contributed by atoms with Crippen molar-refractivity contribution in [2.45, 2.75) is 0 Å². The number of amides is 2. The van der Waals surface area contributed by atoms with Crippen LogP contribution in [0.1, 0.15) is 9.67 Å². The fraction of sp³-hybridized carbons (Fsp3) is 0.556. The van der Waals surface area contributed by atoms with Crippen molar-refractivity contribution in [1.82, 2.24) is 19.4 Å². The Morgan fingerprint density at radius 3 is 3.12 bits per heavy atom. The zero-order chi connectivity index (χ0) is 12.3. The first kappa shape index (κ1) is 11.9. The topological polar surface area (TPSA) is 75.6 Å². The number of ether oxygens (including phenoxy) is 1. The molecule has 2 rings (SSSR count). The fourth-order valence-electron chi connectivity index (χ4n) is 1.55. The van der Waals surface area contributed by atoms with Gasteiger partial charge in [0.25, 0.3) is 5.91 Å². The van der Waals surface area contributed by atoms with Crippen LogP contribution in [0.2, 0.25) is 0 Å². The lowest BCUT2D eigenvalue weighted by molar-refractivity contribution is -0.127. The van der Waals surface area contributed by atoms with Crippen LogP contribution in [0, 0.1) is 0 Å². The van der Waals surface area contributed by atoms with Crippen molar-refractivity contribution < 1.29 is 14.3 Å². The van der Waals surface area contributed by atoms with Crippen LogP contribution in [0.15, 0.2) is 6.20 Å². The van der Waals surface area contributed by atoms with E-state index in [0.29, 0.717) is 24.7 Å². The highest BCUT2D eigenvalue weighted by Gasteiger charge is 2.31. The van der Waals surface area contributed by atoms with Crippen LogP contribution in [0.25, 0.3) is 0 Å². The maximum absolute atomic E-state index is 11.9. The van der Waals surface area contributed by atoms with E-state index in [1.807, 2.05) is 0 Å². The Morgan fingerprint density at radius 1 is 1.65 bits per heavy atom. The predicted molar refractivity (Wildman–Crippen MR) is 59.4 cm³/mol. The van der Waals surface area contributed by atoms with Crippen molar-refractivity contribution in [3.05, 3.63) is 11.1 Å². The van der Waals surface area contributed by atoms with Crippen LogP contribution in [-0.4, -0.2) is 64.7 Å². The van der Waals surface area contributed by atoms with Gasteiger partial charge in [0.2, 0.25) is 5.91 Å². The predicted octanol–water partition coefficient (Wildman–Crippen LogP) is -0.574. The lowest BCUT2D eigenvalue weighted by Gasteiger charge is -2.16. The summed E-state index contributed by atoms with van der Waals surface area (Å²) in [5.74, 6) is -0.263. The molecule has 92 valence electrons. The van der Waals surface area contributed by atoms with Crippen molar-refractivity contribution >= 4 is 23.3 Å². The minimum Gasteiger partial charge on any atom is -0.383 e. The van der Waals surface area contributed by atoms with E-state index in [0.717, 1.165) is 11.5 Å². The van der Waals surface area contributed by atoms with Crippen LogP contribution in [0.5, 0.6) is 0 Å². The van der Waals surface area contributed by atoms with Gasteiger partial charge in [0, 0.05) is 13.7 Å². The minimum absolute atomic E-state index is 0.0622. The van der Waals surface area contributed by atoms with Crippen molar-refractivity contribution in [3.8, 4) is 0 Å². The van der Waals surface area contributed by atoms with Crippen molar-refractivity contribution in [2.24, 2.45) is 0 Å². The third kappa shape index (κ3) is 2.59. The van der Waals surface area contributed by atoms with E-state index in [4.69, 9.17) is 4.74 Å². The second kappa shape index (κ2) is 5.19. The molecule has 8 heteroatoms. The summed E-state index contributed by atoms with van der Waals surface area (Å²) in [6, 6.07) is 0. The van der Waals surface area contributed by atoms with Gasteiger partial charge in [-0.05, 0) is 11.5 Å². The summed E-state index contributed by atoms with van der Waals surface area (Å²) in [6.45, 7) is 1.38. The summed E-state index contributed by atoms with van der Waals surface area (Å²) in [4.78, 5) is 27.1. The Labute approximate surface area is 102 Å². The Hall–Kier alpha value is -1.54. The molecule has 0 bridgehead atoms. The SMILES string of the molecule is COCCN1CN(C(=O)c2cnns2)CC1=O. The number of aromatic nitrogens is 2. The molecular formula is C9H12N4O3S. The molecule has 0 spiro atoms. The molecule has 0 saturated carbocycles. The highest BCUT2D eigenvalue weighted by Crippen LogP contribution is 2.13. The van der Waals surface area contributed by atoms with Gasteiger partial charge in [0.05, 0.1) is 19.5 Å². The largest absolute Gasteiger partial charge is 0.383 e. The number of nitrogens with zero attached hydrogens (tertiary/aromatic N) is 4. The summed E-state index contributed by atoms with van der Waals surface area (Å²) in [5, 5.41) is 3.60. The zero-order valence-electron chi connectivity index (χ0n) is 9.33. The number of rotatable bonds is 4. The molecule has 1 aliphatic rings. The standard InChI is InChI=1S/C9H12N4O3S/c1-16-3-2-12-6-13(5-8(12)14)9(15)7-4-10-11-17-7/h4H,2-3,5-6H2,1H3. The molecule has 0 N–H and O–H groups in total.